The van der Waals surface area contributed by atoms with Crippen molar-refractivity contribution in [1.29, 1.82) is 0 Å². The Balaban J connectivity index is 1.88. The second-order valence-corrected chi connectivity index (χ2v) is 5.84. The molecule has 0 bridgehead atoms. The van der Waals surface area contributed by atoms with E-state index in [1.165, 1.54) is 11.1 Å². The van der Waals surface area contributed by atoms with E-state index in [4.69, 9.17) is 16.3 Å². The number of nitrogens with zero attached hydrogens (tertiary/aromatic N) is 3. The zero-order valence-corrected chi connectivity index (χ0v) is 12.3. The van der Waals surface area contributed by atoms with Gasteiger partial charge in [0.25, 0.3) is 5.56 Å². The third-order valence-electron chi connectivity index (χ3n) is 4.05. The molecule has 6 heteroatoms. The first kappa shape index (κ1) is 13.9. The van der Waals surface area contributed by atoms with E-state index in [0.717, 1.165) is 50.9 Å². The second kappa shape index (κ2) is 6.14. The molecule has 1 aromatic heterocycles. The molecule has 0 aliphatic carbocycles. The molecule has 2 saturated heterocycles. The van der Waals surface area contributed by atoms with E-state index >= 15 is 0 Å². The average molecular weight is 298 g/mol. The number of rotatable bonds is 2. The van der Waals surface area contributed by atoms with Crippen LogP contribution in [0.2, 0.25) is 5.02 Å². The van der Waals surface area contributed by atoms with Gasteiger partial charge in [-0.05, 0) is 38.5 Å². The Bertz CT molecular complexity index is 520. The molecule has 20 heavy (non-hydrogen) atoms. The standard InChI is InChI=1S/C14H20ClN3O2/c15-13-11(17-7-3-1-4-8-17)10-16-18(14(13)19)12-6-2-5-9-20-12/h10,12H,1-9H2. The normalized spacial score (nSPS) is 23.9. The zero-order chi connectivity index (χ0) is 13.9. The molecule has 5 nitrogen and oxygen atoms in total. The number of piperidine rings is 1. The van der Waals surface area contributed by atoms with Crippen molar-refractivity contribution in [3.8, 4) is 0 Å². The number of anilines is 1. The Morgan fingerprint density at radius 1 is 1.20 bits per heavy atom. The van der Waals surface area contributed by atoms with Gasteiger partial charge >= 0.3 is 0 Å². The van der Waals surface area contributed by atoms with Crippen molar-refractivity contribution < 1.29 is 4.74 Å². The van der Waals surface area contributed by atoms with E-state index in [0.29, 0.717) is 6.61 Å². The predicted molar refractivity (Wildman–Crippen MR) is 78.4 cm³/mol. The average Bonchev–Trinajstić information content (AvgIpc) is 2.52. The summed E-state index contributed by atoms with van der Waals surface area (Å²) in [4.78, 5) is 14.6. The third kappa shape index (κ3) is 2.69. The van der Waals surface area contributed by atoms with Gasteiger partial charge in [0.05, 0.1) is 11.9 Å². The van der Waals surface area contributed by atoms with E-state index in [-0.39, 0.29) is 16.8 Å². The summed E-state index contributed by atoms with van der Waals surface area (Å²) in [7, 11) is 0. The molecule has 0 spiro atoms. The van der Waals surface area contributed by atoms with Crippen LogP contribution in [0.4, 0.5) is 5.69 Å². The second-order valence-electron chi connectivity index (χ2n) is 5.46. The SMILES string of the molecule is O=c1c(Cl)c(N2CCCCC2)cnn1C1CCCCO1. The molecule has 2 aliphatic heterocycles. The summed E-state index contributed by atoms with van der Waals surface area (Å²) in [5, 5.41) is 4.57. The van der Waals surface area contributed by atoms with Crippen LogP contribution in [-0.4, -0.2) is 29.5 Å². The number of ether oxygens (including phenoxy) is 1. The van der Waals surface area contributed by atoms with Gasteiger partial charge in [-0.25, -0.2) is 0 Å². The highest BCUT2D eigenvalue weighted by molar-refractivity contribution is 6.33. The van der Waals surface area contributed by atoms with Gasteiger partial charge < -0.3 is 9.64 Å². The summed E-state index contributed by atoms with van der Waals surface area (Å²) in [6.07, 6.45) is 7.92. The highest BCUT2D eigenvalue weighted by Gasteiger charge is 2.22. The van der Waals surface area contributed by atoms with E-state index in [1.54, 1.807) is 6.20 Å². The van der Waals surface area contributed by atoms with Crippen LogP contribution < -0.4 is 10.5 Å². The molecule has 110 valence electrons. The smallest absolute Gasteiger partial charge is 0.290 e. The molecule has 1 atom stereocenters. The molecule has 3 rings (SSSR count). The molecule has 0 radical (unpaired) electrons. The zero-order valence-electron chi connectivity index (χ0n) is 11.6. The van der Waals surface area contributed by atoms with Crippen molar-refractivity contribution in [3.63, 3.8) is 0 Å². The number of aromatic nitrogens is 2. The molecule has 1 unspecified atom stereocenters. The first-order chi connectivity index (χ1) is 9.77. The minimum absolute atomic E-state index is 0.235. The topological polar surface area (TPSA) is 47.4 Å². The molecular weight excluding hydrogens is 278 g/mol. The number of hydrogen-bond donors (Lipinski definition) is 0. The van der Waals surface area contributed by atoms with Crippen molar-refractivity contribution in [2.24, 2.45) is 0 Å². The van der Waals surface area contributed by atoms with Crippen LogP contribution >= 0.6 is 11.6 Å². The first-order valence-corrected chi connectivity index (χ1v) is 7.79. The summed E-state index contributed by atoms with van der Waals surface area (Å²) in [5.74, 6) is 0. The van der Waals surface area contributed by atoms with Gasteiger partial charge in [0.15, 0.2) is 6.23 Å². The fraction of sp³-hybridized carbons (Fsp3) is 0.714. The summed E-state index contributed by atoms with van der Waals surface area (Å²) in [5.41, 5.74) is 0.532. The molecule has 0 amide bonds. The van der Waals surface area contributed by atoms with Crippen molar-refractivity contribution in [2.75, 3.05) is 24.6 Å². The van der Waals surface area contributed by atoms with Gasteiger partial charge in [-0.3, -0.25) is 4.79 Å². The molecule has 2 aliphatic rings. The fourth-order valence-corrected chi connectivity index (χ4v) is 3.17. The van der Waals surface area contributed by atoms with E-state index in [1.807, 2.05) is 0 Å². The maximum absolute atomic E-state index is 12.4. The van der Waals surface area contributed by atoms with Gasteiger partial charge in [-0.15, -0.1) is 0 Å². The van der Waals surface area contributed by atoms with Crippen LogP contribution in [0, 0.1) is 0 Å². The molecule has 0 aromatic carbocycles. The van der Waals surface area contributed by atoms with Crippen LogP contribution in [0.3, 0.4) is 0 Å². The van der Waals surface area contributed by atoms with Crippen LogP contribution in [-0.2, 0) is 4.74 Å². The van der Waals surface area contributed by atoms with Crippen LogP contribution in [0.15, 0.2) is 11.0 Å². The Hall–Kier alpha value is -1.07. The van der Waals surface area contributed by atoms with Crippen molar-refractivity contribution in [2.45, 2.75) is 44.8 Å². The third-order valence-corrected chi connectivity index (χ3v) is 4.41. The van der Waals surface area contributed by atoms with Crippen LogP contribution in [0.1, 0.15) is 44.8 Å². The first-order valence-electron chi connectivity index (χ1n) is 7.41. The largest absolute Gasteiger partial charge is 0.369 e. The fourth-order valence-electron chi connectivity index (χ4n) is 2.91. The minimum Gasteiger partial charge on any atom is -0.369 e. The van der Waals surface area contributed by atoms with E-state index in [2.05, 4.69) is 10.00 Å². The van der Waals surface area contributed by atoms with Crippen molar-refractivity contribution in [3.05, 3.63) is 21.6 Å². The van der Waals surface area contributed by atoms with Gasteiger partial charge in [0, 0.05) is 19.7 Å². The summed E-state index contributed by atoms with van der Waals surface area (Å²) in [6, 6.07) is 0. The summed E-state index contributed by atoms with van der Waals surface area (Å²) in [6.45, 7) is 2.58. The summed E-state index contributed by atoms with van der Waals surface area (Å²) >= 11 is 6.28. The highest BCUT2D eigenvalue weighted by Crippen LogP contribution is 2.26. The lowest BCUT2D eigenvalue weighted by atomic mass is 10.1. The molecule has 3 heterocycles. The Kier molecular flexibility index (Phi) is 4.27. The maximum atomic E-state index is 12.4. The van der Waals surface area contributed by atoms with Crippen molar-refractivity contribution in [1.82, 2.24) is 9.78 Å². The van der Waals surface area contributed by atoms with Gasteiger partial charge in [0.1, 0.15) is 5.02 Å². The lowest BCUT2D eigenvalue weighted by Gasteiger charge is -2.30. The Morgan fingerprint density at radius 3 is 2.70 bits per heavy atom. The van der Waals surface area contributed by atoms with Gasteiger partial charge in [-0.2, -0.15) is 9.78 Å². The lowest BCUT2D eigenvalue weighted by molar-refractivity contribution is -0.0424. The predicted octanol–water partition coefficient (Wildman–Crippen LogP) is 2.59. The monoisotopic (exact) mass is 297 g/mol. The Labute approximate surface area is 123 Å². The quantitative estimate of drug-likeness (QED) is 0.842. The molecule has 1 aromatic rings. The van der Waals surface area contributed by atoms with Crippen molar-refractivity contribution >= 4 is 17.3 Å². The molecule has 0 N–H and O–H groups in total. The van der Waals surface area contributed by atoms with Crippen LogP contribution in [0.5, 0.6) is 0 Å². The lowest BCUT2D eigenvalue weighted by Crippen LogP contribution is -2.35. The van der Waals surface area contributed by atoms with Gasteiger partial charge in [0.2, 0.25) is 0 Å². The van der Waals surface area contributed by atoms with E-state index in [9.17, 15) is 4.79 Å². The molecular formula is C14H20ClN3O2. The minimum atomic E-state index is -0.260. The molecule has 0 saturated carbocycles. The van der Waals surface area contributed by atoms with Gasteiger partial charge in [-0.1, -0.05) is 11.6 Å². The molecule has 2 fully saturated rings. The summed E-state index contributed by atoms with van der Waals surface area (Å²) < 4.78 is 7.01. The number of halogens is 1. The number of hydrogen-bond acceptors (Lipinski definition) is 4. The van der Waals surface area contributed by atoms with E-state index < -0.39 is 0 Å². The maximum Gasteiger partial charge on any atom is 0.290 e. The van der Waals surface area contributed by atoms with Crippen LogP contribution in [0.25, 0.3) is 0 Å². The highest BCUT2D eigenvalue weighted by atomic mass is 35.5. The Morgan fingerprint density at radius 2 is 2.00 bits per heavy atom.